The first-order valence-electron chi connectivity index (χ1n) is 8.35. The monoisotopic (exact) mass is 341 g/mol. The number of rotatable bonds is 8. The Bertz CT molecular complexity index is 683. The minimum atomic E-state index is -0.689. The van der Waals surface area contributed by atoms with Gasteiger partial charge in [-0.25, -0.2) is 4.79 Å². The van der Waals surface area contributed by atoms with Gasteiger partial charge in [-0.2, -0.15) is 0 Å². The molecule has 1 amide bonds. The molecule has 0 aliphatic carbocycles. The molecule has 0 aliphatic heterocycles. The summed E-state index contributed by atoms with van der Waals surface area (Å²) in [5, 5.41) is 2.89. The molecule has 0 fully saturated rings. The summed E-state index contributed by atoms with van der Waals surface area (Å²) in [4.78, 5) is 23.7. The van der Waals surface area contributed by atoms with Crippen LogP contribution in [-0.2, 0) is 16.0 Å². The number of nitrogens with one attached hydrogen (secondary N) is 1. The molecule has 25 heavy (non-hydrogen) atoms. The maximum atomic E-state index is 12.1. The van der Waals surface area contributed by atoms with Gasteiger partial charge in [0.1, 0.15) is 5.75 Å². The van der Waals surface area contributed by atoms with Crippen molar-refractivity contribution in [2.24, 2.45) is 0 Å². The third-order valence-corrected chi connectivity index (χ3v) is 3.59. The molecule has 0 heterocycles. The molecular formula is C20H23NO4. The van der Waals surface area contributed by atoms with Crippen molar-refractivity contribution in [1.82, 2.24) is 5.32 Å². The second kappa shape index (κ2) is 9.47. The van der Waals surface area contributed by atoms with Crippen molar-refractivity contribution in [2.45, 2.75) is 26.4 Å². The number of esters is 1. The topological polar surface area (TPSA) is 64.6 Å². The molecule has 2 aromatic rings. The molecule has 1 atom stereocenters. The van der Waals surface area contributed by atoms with Gasteiger partial charge in [0, 0.05) is 12.1 Å². The Labute approximate surface area is 148 Å². The molecule has 0 saturated carbocycles. The van der Waals surface area contributed by atoms with Gasteiger partial charge in [-0.15, -0.1) is 0 Å². The van der Waals surface area contributed by atoms with E-state index >= 15 is 0 Å². The highest BCUT2D eigenvalue weighted by atomic mass is 16.6. The van der Waals surface area contributed by atoms with Crippen molar-refractivity contribution in [3.05, 3.63) is 65.7 Å². The van der Waals surface area contributed by atoms with E-state index in [2.05, 4.69) is 5.32 Å². The SMILES string of the molecule is CCOC(=O)[C@@H](C)Oc1ccc(C(=O)NCCc2ccccc2)cc1. The Morgan fingerprint density at radius 3 is 2.36 bits per heavy atom. The van der Waals surface area contributed by atoms with Gasteiger partial charge in [0.15, 0.2) is 6.10 Å². The summed E-state index contributed by atoms with van der Waals surface area (Å²) in [6.45, 7) is 4.26. The van der Waals surface area contributed by atoms with Crippen molar-refractivity contribution in [3.8, 4) is 5.75 Å². The Balaban J connectivity index is 1.82. The van der Waals surface area contributed by atoms with Crippen molar-refractivity contribution in [3.63, 3.8) is 0 Å². The van der Waals surface area contributed by atoms with E-state index in [0.717, 1.165) is 6.42 Å². The number of carbonyl (C=O) groups excluding carboxylic acids is 2. The summed E-state index contributed by atoms with van der Waals surface area (Å²) >= 11 is 0. The summed E-state index contributed by atoms with van der Waals surface area (Å²) < 4.78 is 10.4. The molecule has 0 bridgehead atoms. The molecule has 132 valence electrons. The van der Waals surface area contributed by atoms with E-state index in [9.17, 15) is 9.59 Å². The van der Waals surface area contributed by atoms with E-state index in [-0.39, 0.29) is 5.91 Å². The van der Waals surface area contributed by atoms with Crippen LogP contribution in [0.2, 0.25) is 0 Å². The van der Waals surface area contributed by atoms with E-state index in [1.165, 1.54) is 5.56 Å². The molecule has 0 saturated heterocycles. The molecule has 0 radical (unpaired) electrons. The highest BCUT2D eigenvalue weighted by Gasteiger charge is 2.15. The van der Waals surface area contributed by atoms with Crippen LogP contribution >= 0.6 is 0 Å². The lowest BCUT2D eigenvalue weighted by Gasteiger charge is -2.13. The fourth-order valence-corrected chi connectivity index (χ4v) is 2.26. The van der Waals surface area contributed by atoms with Crippen molar-refractivity contribution >= 4 is 11.9 Å². The van der Waals surface area contributed by atoms with Gasteiger partial charge in [-0.1, -0.05) is 30.3 Å². The van der Waals surface area contributed by atoms with Gasteiger partial charge in [-0.05, 0) is 50.1 Å². The lowest BCUT2D eigenvalue weighted by Crippen LogP contribution is -2.26. The van der Waals surface area contributed by atoms with E-state index in [1.54, 1.807) is 38.1 Å². The van der Waals surface area contributed by atoms with Crippen LogP contribution in [0.15, 0.2) is 54.6 Å². The standard InChI is InChI=1S/C20H23NO4/c1-3-24-20(23)15(2)25-18-11-9-17(10-12-18)19(22)21-14-13-16-7-5-4-6-8-16/h4-12,15H,3,13-14H2,1-2H3,(H,21,22)/t15-/m1/s1. The smallest absolute Gasteiger partial charge is 0.347 e. The zero-order chi connectivity index (χ0) is 18.1. The van der Waals surface area contributed by atoms with Crippen LogP contribution in [0.3, 0.4) is 0 Å². The summed E-state index contributed by atoms with van der Waals surface area (Å²) in [7, 11) is 0. The lowest BCUT2D eigenvalue weighted by atomic mass is 10.1. The third kappa shape index (κ3) is 5.95. The van der Waals surface area contributed by atoms with Gasteiger partial charge >= 0.3 is 5.97 Å². The Kier molecular flexibility index (Phi) is 7.01. The van der Waals surface area contributed by atoms with Crippen LogP contribution in [0.4, 0.5) is 0 Å². The summed E-state index contributed by atoms with van der Waals surface area (Å²) in [5.74, 6) is -0.0347. The van der Waals surface area contributed by atoms with Crippen molar-refractivity contribution < 1.29 is 19.1 Å². The van der Waals surface area contributed by atoms with E-state index in [0.29, 0.717) is 24.5 Å². The quantitative estimate of drug-likeness (QED) is 0.750. The number of hydrogen-bond acceptors (Lipinski definition) is 4. The molecule has 0 aromatic heterocycles. The van der Waals surface area contributed by atoms with Crippen LogP contribution in [0, 0.1) is 0 Å². The minimum Gasteiger partial charge on any atom is -0.479 e. The molecule has 1 N–H and O–H groups in total. The third-order valence-electron chi connectivity index (χ3n) is 3.59. The highest BCUT2D eigenvalue weighted by Crippen LogP contribution is 2.14. The number of carbonyl (C=O) groups is 2. The second-order valence-corrected chi connectivity index (χ2v) is 5.53. The zero-order valence-corrected chi connectivity index (χ0v) is 14.5. The first-order chi connectivity index (χ1) is 12.1. The predicted octanol–water partition coefficient (Wildman–Crippen LogP) is 2.99. The second-order valence-electron chi connectivity index (χ2n) is 5.53. The Hall–Kier alpha value is -2.82. The number of benzene rings is 2. The molecule has 2 aromatic carbocycles. The largest absolute Gasteiger partial charge is 0.479 e. The normalized spacial score (nSPS) is 11.4. The maximum Gasteiger partial charge on any atom is 0.347 e. The van der Waals surface area contributed by atoms with E-state index in [4.69, 9.17) is 9.47 Å². The number of amides is 1. The molecule has 0 spiro atoms. The summed E-state index contributed by atoms with van der Waals surface area (Å²) in [6, 6.07) is 16.7. The van der Waals surface area contributed by atoms with Crippen LogP contribution in [0.1, 0.15) is 29.8 Å². The van der Waals surface area contributed by atoms with Gasteiger partial charge < -0.3 is 14.8 Å². The fourth-order valence-electron chi connectivity index (χ4n) is 2.26. The first kappa shape index (κ1) is 18.5. The Morgan fingerprint density at radius 2 is 1.72 bits per heavy atom. The van der Waals surface area contributed by atoms with Gasteiger partial charge in [0.25, 0.3) is 5.91 Å². The lowest BCUT2D eigenvalue weighted by molar-refractivity contribution is -0.150. The van der Waals surface area contributed by atoms with Crippen molar-refractivity contribution in [2.75, 3.05) is 13.2 Å². The van der Waals surface area contributed by atoms with E-state index in [1.807, 2.05) is 30.3 Å². The molecule has 0 aliphatic rings. The zero-order valence-electron chi connectivity index (χ0n) is 14.5. The van der Waals surface area contributed by atoms with Crippen LogP contribution < -0.4 is 10.1 Å². The van der Waals surface area contributed by atoms with Crippen LogP contribution in [0.25, 0.3) is 0 Å². The molecule has 5 nitrogen and oxygen atoms in total. The number of hydrogen-bond donors (Lipinski definition) is 1. The predicted molar refractivity (Wildman–Crippen MR) is 95.6 cm³/mol. The van der Waals surface area contributed by atoms with Crippen LogP contribution in [-0.4, -0.2) is 31.1 Å². The van der Waals surface area contributed by atoms with Crippen molar-refractivity contribution in [1.29, 1.82) is 0 Å². The molecule has 5 heteroatoms. The first-order valence-corrected chi connectivity index (χ1v) is 8.35. The highest BCUT2D eigenvalue weighted by molar-refractivity contribution is 5.94. The van der Waals surface area contributed by atoms with Gasteiger partial charge in [0.2, 0.25) is 0 Å². The summed E-state index contributed by atoms with van der Waals surface area (Å²) in [6.07, 6.45) is 0.0932. The van der Waals surface area contributed by atoms with Gasteiger partial charge in [0.05, 0.1) is 6.61 Å². The maximum absolute atomic E-state index is 12.1. The molecule has 2 rings (SSSR count). The molecular weight excluding hydrogens is 318 g/mol. The van der Waals surface area contributed by atoms with Gasteiger partial charge in [-0.3, -0.25) is 4.79 Å². The number of ether oxygens (including phenoxy) is 2. The molecule has 0 unspecified atom stereocenters. The summed E-state index contributed by atoms with van der Waals surface area (Å²) in [5.41, 5.74) is 1.73. The Morgan fingerprint density at radius 1 is 1.04 bits per heavy atom. The van der Waals surface area contributed by atoms with E-state index < -0.39 is 12.1 Å². The minimum absolute atomic E-state index is 0.138. The van der Waals surface area contributed by atoms with Crippen LogP contribution in [0.5, 0.6) is 5.75 Å². The fraction of sp³-hybridized carbons (Fsp3) is 0.300. The average Bonchev–Trinajstić information content (AvgIpc) is 2.63. The average molecular weight is 341 g/mol.